The molecule has 0 saturated heterocycles. The Kier molecular flexibility index (Phi) is 8.59. The molecular formula is C22H30N2O3S2. The molecule has 0 heterocycles. The second-order valence-corrected chi connectivity index (χ2v) is 10.1. The number of thioether (sulfide) groups is 1. The molecule has 0 aromatic heterocycles. The van der Waals surface area contributed by atoms with E-state index in [4.69, 9.17) is 0 Å². The van der Waals surface area contributed by atoms with Gasteiger partial charge in [0.1, 0.15) is 6.04 Å². The van der Waals surface area contributed by atoms with Crippen molar-refractivity contribution in [2.24, 2.45) is 0 Å². The zero-order chi connectivity index (χ0) is 21.4. The molecule has 0 aliphatic carbocycles. The summed E-state index contributed by atoms with van der Waals surface area (Å²) in [5.74, 6) is 1.38. The lowest BCUT2D eigenvalue weighted by atomic mass is 10.1. The van der Waals surface area contributed by atoms with Gasteiger partial charge in [0.2, 0.25) is 15.9 Å². The van der Waals surface area contributed by atoms with Gasteiger partial charge in [0.05, 0.1) is 11.9 Å². The van der Waals surface area contributed by atoms with Crippen molar-refractivity contribution in [2.45, 2.75) is 39.0 Å². The number of nitrogens with one attached hydrogen (secondary N) is 1. The lowest BCUT2D eigenvalue weighted by Crippen LogP contribution is -2.49. The average Bonchev–Trinajstić information content (AvgIpc) is 2.67. The fourth-order valence-electron chi connectivity index (χ4n) is 2.99. The Hall–Kier alpha value is -1.99. The van der Waals surface area contributed by atoms with Crippen molar-refractivity contribution in [3.63, 3.8) is 0 Å². The van der Waals surface area contributed by atoms with Gasteiger partial charge in [-0.05, 0) is 38.0 Å². The van der Waals surface area contributed by atoms with Gasteiger partial charge in [-0.3, -0.25) is 9.10 Å². The van der Waals surface area contributed by atoms with E-state index in [2.05, 4.69) is 36.5 Å². The Bertz CT molecular complexity index is 895. The van der Waals surface area contributed by atoms with Crippen LogP contribution >= 0.6 is 11.8 Å². The molecule has 0 saturated carbocycles. The summed E-state index contributed by atoms with van der Waals surface area (Å²) in [7, 11) is -3.59. The zero-order valence-electron chi connectivity index (χ0n) is 17.5. The molecule has 2 aromatic carbocycles. The Morgan fingerprint density at radius 2 is 1.59 bits per heavy atom. The molecular weight excluding hydrogens is 404 g/mol. The molecule has 0 bridgehead atoms. The maximum atomic E-state index is 12.7. The summed E-state index contributed by atoms with van der Waals surface area (Å²) in [6.07, 6.45) is 1.53. The summed E-state index contributed by atoms with van der Waals surface area (Å²) in [5, 5.41) is 2.90. The smallest absolute Gasteiger partial charge is 0.243 e. The molecule has 1 amide bonds. The second kappa shape index (κ2) is 10.7. The lowest BCUT2D eigenvalue weighted by Gasteiger charge is -2.30. The van der Waals surface area contributed by atoms with Gasteiger partial charge in [-0.2, -0.15) is 11.8 Å². The first-order valence-corrected chi connectivity index (χ1v) is 12.7. The van der Waals surface area contributed by atoms with Crippen molar-refractivity contribution in [3.8, 4) is 0 Å². The largest absolute Gasteiger partial charge is 0.353 e. The normalized spacial score (nSPS) is 12.4. The first-order chi connectivity index (χ1) is 13.7. The van der Waals surface area contributed by atoms with Gasteiger partial charge in [-0.15, -0.1) is 0 Å². The molecule has 2 rings (SSSR count). The van der Waals surface area contributed by atoms with E-state index in [1.807, 2.05) is 26.0 Å². The van der Waals surface area contributed by atoms with Crippen LogP contribution in [0.5, 0.6) is 0 Å². The van der Waals surface area contributed by atoms with E-state index in [-0.39, 0.29) is 5.91 Å². The molecule has 0 spiro atoms. The van der Waals surface area contributed by atoms with Crippen LogP contribution in [0.4, 0.5) is 5.69 Å². The summed E-state index contributed by atoms with van der Waals surface area (Å²) in [4.78, 5) is 12.7. The SMILES string of the molecule is CC[C@H](C(=O)NCCSCc1ccc(C)cc1)N(c1ccc(C)cc1)S(C)(=O)=O. The van der Waals surface area contributed by atoms with E-state index in [9.17, 15) is 13.2 Å². The summed E-state index contributed by atoms with van der Waals surface area (Å²) >= 11 is 1.74. The number of rotatable bonds is 10. The van der Waals surface area contributed by atoms with E-state index >= 15 is 0 Å². The molecule has 0 aliphatic rings. The van der Waals surface area contributed by atoms with Crippen molar-refractivity contribution >= 4 is 33.4 Å². The molecule has 158 valence electrons. The third kappa shape index (κ3) is 7.08. The summed E-state index contributed by atoms with van der Waals surface area (Å²) < 4.78 is 26.1. The zero-order valence-corrected chi connectivity index (χ0v) is 19.1. The Balaban J connectivity index is 1.94. The number of carbonyl (C=O) groups is 1. The van der Waals surface area contributed by atoms with Gasteiger partial charge < -0.3 is 5.32 Å². The monoisotopic (exact) mass is 434 g/mol. The first kappa shape index (κ1) is 23.3. The molecule has 2 aromatic rings. The van der Waals surface area contributed by atoms with Crippen LogP contribution in [0.25, 0.3) is 0 Å². The Morgan fingerprint density at radius 3 is 2.10 bits per heavy atom. The standard InChI is InChI=1S/C22H30N2O3S2/c1-5-21(24(29(4,26)27)20-12-8-18(3)9-13-20)22(25)23-14-15-28-16-19-10-6-17(2)7-11-19/h6-13,21H,5,14-16H2,1-4H3,(H,23,25)/t21-/m1/s1. The third-order valence-corrected chi connectivity index (χ3v) is 6.76. The highest BCUT2D eigenvalue weighted by molar-refractivity contribution is 7.98. The van der Waals surface area contributed by atoms with Gasteiger partial charge in [-0.1, -0.05) is 54.4 Å². The number of anilines is 1. The lowest BCUT2D eigenvalue weighted by molar-refractivity contribution is -0.122. The van der Waals surface area contributed by atoms with E-state index in [1.165, 1.54) is 15.4 Å². The number of sulfonamides is 1. The van der Waals surface area contributed by atoms with Crippen molar-refractivity contribution in [2.75, 3.05) is 22.9 Å². The van der Waals surface area contributed by atoms with Crippen LogP contribution < -0.4 is 9.62 Å². The summed E-state index contributed by atoms with van der Waals surface area (Å²) in [6, 6.07) is 14.8. The summed E-state index contributed by atoms with van der Waals surface area (Å²) in [6.45, 7) is 6.32. The number of nitrogens with zero attached hydrogens (tertiary/aromatic N) is 1. The fraction of sp³-hybridized carbons (Fsp3) is 0.409. The minimum absolute atomic E-state index is 0.269. The molecule has 0 fully saturated rings. The number of aryl methyl sites for hydroxylation is 2. The molecule has 29 heavy (non-hydrogen) atoms. The van der Waals surface area contributed by atoms with E-state index < -0.39 is 16.1 Å². The maximum absolute atomic E-state index is 12.7. The summed E-state index contributed by atoms with van der Waals surface area (Å²) in [5.41, 5.74) is 4.03. The number of benzene rings is 2. The van der Waals surface area contributed by atoms with Crippen LogP contribution in [0, 0.1) is 13.8 Å². The van der Waals surface area contributed by atoms with E-state index in [0.29, 0.717) is 18.7 Å². The first-order valence-electron chi connectivity index (χ1n) is 9.69. The Morgan fingerprint density at radius 1 is 1.03 bits per heavy atom. The highest BCUT2D eigenvalue weighted by Crippen LogP contribution is 2.23. The van der Waals surface area contributed by atoms with Crippen LogP contribution in [0.3, 0.4) is 0 Å². The van der Waals surface area contributed by atoms with Gasteiger partial charge in [-0.25, -0.2) is 8.42 Å². The molecule has 0 radical (unpaired) electrons. The molecule has 1 N–H and O–H groups in total. The van der Waals surface area contributed by atoms with Crippen LogP contribution in [0.1, 0.15) is 30.0 Å². The molecule has 7 heteroatoms. The topological polar surface area (TPSA) is 66.5 Å². The number of hydrogen-bond donors (Lipinski definition) is 1. The van der Waals surface area contributed by atoms with Crippen molar-refractivity contribution in [1.82, 2.24) is 5.32 Å². The van der Waals surface area contributed by atoms with Crippen LogP contribution in [0.15, 0.2) is 48.5 Å². The second-order valence-electron chi connectivity index (χ2n) is 7.15. The number of carbonyl (C=O) groups excluding carboxylic acids is 1. The van der Waals surface area contributed by atoms with Crippen LogP contribution in [-0.4, -0.2) is 38.9 Å². The maximum Gasteiger partial charge on any atom is 0.243 e. The van der Waals surface area contributed by atoms with E-state index in [1.54, 1.807) is 23.9 Å². The number of amides is 1. The predicted molar refractivity (Wildman–Crippen MR) is 123 cm³/mol. The number of hydrogen-bond acceptors (Lipinski definition) is 4. The predicted octanol–water partition coefficient (Wildman–Crippen LogP) is 3.90. The van der Waals surface area contributed by atoms with Gasteiger partial charge in [0.15, 0.2) is 0 Å². The quantitative estimate of drug-likeness (QED) is 0.576. The minimum Gasteiger partial charge on any atom is -0.353 e. The van der Waals surface area contributed by atoms with Crippen LogP contribution in [-0.2, 0) is 20.6 Å². The van der Waals surface area contributed by atoms with Crippen molar-refractivity contribution < 1.29 is 13.2 Å². The van der Waals surface area contributed by atoms with Gasteiger partial charge in [0.25, 0.3) is 0 Å². The van der Waals surface area contributed by atoms with Crippen molar-refractivity contribution in [3.05, 3.63) is 65.2 Å². The van der Waals surface area contributed by atoms with Gasteiger partial charge in [0, 0.05) is 18.1 Å². The van der Waals surface area contributed by atoms with Crippen LogP contribution in [0.2, 0.25) is 0 Å². The molecule has 0 aliphatic heterocycles. The minimum atomic E-state index is -3.59. The highest BCUT2D eigenvalue weighted by atomic mass is 32.2. The van der Waals surface area contributed by atoms with Crippen molar-refractivity contribution in [1.29, 1.82) is 0 Å². The van der Waals surface area contributed by atoms with Gasteiger partial charge >= 0.3 is 0 Å². The fourth-order valence-corrected chi connectivity index (χ4v) is 5.02. The van der Waals surface area contributed by atoms with E-state index in [0.717, 1.165) is 23.3 Å². The third-order valence-electron chi connectivity index (χ3n) is 4.55. The average molecular weight is 435 g/mol. The highest BCUT2D eigenvalue weighted by Gasteiger charge is 2.31. The molecule has 5 nitrogen and oxygen atoms in total. The Labute approximate surface area is 178 Å². The molecule has 1 atom stereocenters. The molecule has 0 unspecified atom stereocenters.